The van der Waals surface area contributed by atoms with Crippen molar-refractivity contribution in [1.82, 2.24) is 9.29 Å². The lowest BCUT2D eigenvalue weighted by Crippen LogP contribution is -2.47. The van der Waals surface area contributed by atoms with Gasteiger partial charge in [-0.1, -0.05) is 12.8 Å². The number of fused-ring (bicyclic) bond motifs is 2. The van der Waals surface area contributed by atoms with Crippen LogP contribution in [0.2, 0.25) is 0 Å². The molecule has 3 aliphatic rings. The van der Waals surface area contributed by atoms with E-state index in [0.717, 1.165) is 25.7 Å². The second kappa shape index (κ2) is 7.82. The first kappa shape index (κ1) is 19.8. The lowest BCUT2D eigenvalue weighted by atomic mass is 9.85. The first-order valence-electron chi connectivity index (χ1n) is 10.2. The largest absolute Gasteiger partial charge is 0.486 e. The summed E-state index contributed by atoms with van der Waals surface area (Å²) in [7, 11) is -3.90. The number of amides is 1. The van der Waals surface area contributed by atoms with Gasteiger partial charge in [-0.25, -0.2) is 13.4 Å². The van der Waals surface area contributed by atoms with E-state index in [1.54, 1.807) is 17.6 Å². The summed E-state index contributed by atoms with van der Waals surface area (Å²) in [5.41, 5.74) is 0. The number of sulfonamides is 1. The Bertz CT molecular complexity index is 1040. The molecule has 1 amide bonds. The van der Waals surface area contributed by atoms with E-state index in [2.05, 4.69) is 10.3 Å². The minimum absolute atomic E-state index is 0.130. The fourth-order valence-electron chi connectivity index (χ4n) is 4.77. The van der Waals surface area contributed by atoms with Gasteiger partial charge in [0.15, 0.2) is 16.6 Å². The Morgan fingerprint density at radius 2 is 1.97 bits per heavy atom. The van der Waals surface area contributed by atoms with Crippen molar-refractivity contribution < 1.29 is 22.7 Å². The fraction of sp³-hybridized carbons (Fsp3) is 0.500. The van der Waals surface area contributed by atoms with Crippen molar-refractivity contribution in [3.8, 4) is 11.5 Å². The Hall–Kier alpha value is -2.17. The molecule has 3 unspecified atom stereocenters. The van der Waals surface area contributed by atoms with E-state index in [9.17, 15) is 13.2 Å². The van der Waals surface area contributed by atoms with Gasteiger partial charge in [-0.2, -0.15) is 4.31 Å². The second-order valence-corrected chi connectivity index (χ2v) is 10.6. The van der Waals surface area contributed by atoms with Crippen LogP contribution < -0.4 is 14.8 Å². The Morgan fingerprint density at radius 3 is 2.77 bits per heavy atom. The summed E-state index contributed by atoms with van der Waals surface area (Å²) >= 11 is 1.31. The lowest BCUT2D eigenvalue weighted by molar-refractivity contribution is -0.119. The maximum atomic E-state index is 13.7. The minimum Gasteiger partial charge on any atom is -0.486 e. The van der Waals surface area contributed by atoms with E-state index in [4.69, 9.17) is 9.47 Å². The highest BCUT2D eigenvalue weighted by Gasteiger charge is 2.51. The van der Waals surface area contributed by atoms with Crippen LogP contribution in [0.15, 0.2) is 34.7 Å². The van der Waals surface area contributed by atoms with E-state index in [-0.39, 0.29) is 22.8 Å². The van der Waals surface area contributed by atoms with Gasteiger partial charge in [0.2, 0.25) is 15.9 Å². The Labute approximate surface area is 179 Å². The van der Waals surface area contributed by atoms with E-state index < -0.39 is 16.1 Å². The lowest BCUT2D eigenvalue weighted by Gasteiger charge is -2.32. The molecule has 30 heavy (non-hydrogen) atoms. The average Bonchev–Trinajstić information content (AvgIpc) is 3.41. The summed E-state index contributed by atoms with van der Waals surface area (Å²) in [6.45, 7) is 0.817. The van der Waals surface area contributed by atoms with Gasteiger partial charge in [-0.05, 0) is 37.3 Å². The van der Waals surface area contributed by atoms with Crippen molar-refractivity contribution in [1.29, 1.82) is 0 Å². The summed E-state index contributed by atoms with van der Waals surface area (Å²) in [5, 5.41) is 5.04. The van der Waals surface area contributed by atoms with Crippen LogP contribution >= 0.6 is 11.3 Å². The highest BCUT2D eigenvalue weighted by molar-refractivity contribution is 7.89. The molecular weight excluding hydrogens is 426 g/mol. The van der Waals surface area contributed by atoms with Crippen LogP contribution in [0.3, 0.4) is 0 Å². The monoisotopic (exact) mass is 449 g/mol. The number of ether oxygens (including phenoxy) is 2. The number of carbonyl (C=O) groups excluding carboxylic acids is 1. The Balaban J connectivity index is 1.50. The van der Waals surface area contributed by atoms with Crippen molar-refractivity contribution in [3.05, 3.63) is 29.8 Å². The highest BCUT2D eigenvalue weighted by atomic mass is 32.2. The van der Waals surface area contributed by atoms with E-state index >= 15 is 0 Å². The Kier molecular flexibility index (Phi) is 5.16. The van der Waals surface area contributed by atoms with Gasteiger partial charge in [0, 0.05) is 23.7 Å². The summed E-state index contributed by atoms with van der Waals surface area (Å²) in [6.07, 6.45) is 5.90. The molecule has 3 atom stereocenters. The molecule has 10 heteroatoms. The van der Waals surface area contributed by atoms with Crippen LogP contribution in [-0.2, 0) is 14.8 Å². The molecule has 1 saturated heterocycles. The first-order chi connectivity index (χ1) is 14.5. The normalized spacial score (nSPS) is 26.2. The number of hydrogen-bond donors (Lipinski definition) is 1. The van der Waals surface area contributed by atoms with E-state index in [1.165, 1.54) is 27.8 Å². The molecule has 5 rings (SSSR count). The number of nitrogens with zero attached hydrogens (tertiary/aromatic N) is 2. The van der Waals surface area contributed by atoms with Crippen LogP contribution in [-0.4, -0.2) is 48.9 Å². The van der Waals surface area contributed by atoms with Crippen LogP contribution in [0, 0.1) is 5.92 Å². The van der Waals surface area contributed by atoms with Gasteiger partial charge in [-0.15, -0.1) is 11.3 Å². The zero-order valence-electron chi connectivity index (χ0n) is 16.3. The minimum atomic E-state index is -3.90. The number of rotatable bonds is 4. The predicted octanol–water partition coefficient (Wildman–Crippen LogP) is 2.87. The van der Waals surface area contributed by atoms with Crippen molar-refractivity contribution in [2.75, 3.05) is 18.5 Å². The molecule has 1 aliphatic carbocycles. The zero-order chi connectivity index (χ0) is 20.7. The molecule has 1 aromatic heterocycles. The molecule has 0 radical (unpaired) electrons. The SMILES string of the molecule is O=C(Nc1nccs1)C1CC2CCCCC2N1S(=O)(=O)c1ccc2c(c1)OCCO2. The van der Waals surface area contributed by atoms with Crippen LogP contribution in [0.1, 0.15) is 32.1 Å². The Morgan fingerprint density at radius 1 is 1.17 bits per heavy atom. The van der Waals surface area contributed by atoms with Crippen LogP contribution in [0.25, 0.3) is 0 Å². The maximum Gasteiger partial charge on any atom is 0.244 e. The number of carbonyl (C=O) groups is 1. The van der Waals surface area contributed by atoms with Gasteiger partial charge in [0.25, 0.3) is 0 Å². The number of hydrogen-bond acceptors (Lipinski definition) is 7. The number of thiazole rings is 1. The van der Waals surface area contributed by atoms with Crippen molar-refractivity contribution in [3.63, 3.8) is 0 Å². The average molecular weight is 450 g/mol. The molecule has 8 nitrogen and oxygen atoms in total. The molecule has 0 bridgehead atoms. The molecule has 1 aromatic carbocycles. The molecule has 160 valence electrons. The number of anilines is 1. The maximum absolute atomic E-state index is 13.7. The third kappa shape index (κ3) is 3.46. The molecule has 2 fully saturated rings. The topological polar surface area (TPSA) is 97.8 Å². The van der Waals surface area contributed by atoms with Gasteiger partial charge >= 0.3 is 0 Å². The molecule has 1 N–H and O–H groups in total. The predicted molar refractivity (Wildman–Crippen MR) is 111 cm³/mol. The van der Waals surface area contributed by atoms with Crippen molar-refractivity contribution in [2.45, 2.75) is 49.1 Å². The molecule has 2 aromatic rings. The van der Waals surface area contributed by atoms with Gasteiger partial charge in [0.05, 0.1) is 4.90 Å². The fourth-order valence-corrected chi connectivity index (χ4v) is 7.19. The summed E-state index contributed by atoms with van der Waals surface area (Å²) in [4.78, 5) is 17.3. The number of nitrogens with one attached hydrogen (secondary N) is 1. The van der Waals surface area contributed by atoms with Gasteiger partial charge in [-0.3, -0.25) is 4.79 Å². The van der Waals surface area contributed by atoms with E-state index in [0.29, 0.717) is 36.3 Å². The van der Waals surface area contributed by atoms with Crippen LogP contribution in [0.5, 0.6) is 11.5 Å². The second-order valence-electron chi connectivity index (χ2n) is 7.83. The summed E-state index contributed by atoms with van der Waals surface area (Å²) < 4.78 is 40.0. The van der Waals surface area contributed by atoms with Gasteiger partial charge in [0.1, 0.15) is 19.3 Å². The quantitative estimate of drug-likeness (QED) is 0.771. The molecular formula is C20H23N3O5S2. The zero-order valence-corrected chi connectivity index (χ0v) is 18.0. The van der Waals surface area contributed by atoms with Crippen molar-refractivity contribution >= 4 is 32.4 Å². The molecule has 2 aliphatic heterocycles. The molecule has 3 heterocycles. The molecule has 1 saturated carbocycles. The first-order valence-corrected chi connectivity index (χ1v) is 12.5. The highest BCUT2D eigenvalue weighted by Crippen LogP contribution is 2.44. The standard InChI is InChI=1S/C20H23N3O5S2/c24-19(22-20-21-7-10-29-20)16-11-13-3-1-2-4-15(13)23(16)30(25,26)14-5-6-17-18(12-14)28-9-8-27-17/h5-7,10,12-13,15-16H,1-4,8-9,11H2,(H,21,22,24). The van der Waals surface area contributed by atoms with Gasteiger partial charge < -0.3 is 14.8 Å². The molecule has 0 spiro atoms. The summed E-state index contributed by atoms with van der Waals surface area (Å²) in [6, 6.07) is 3.76. The van der Waals surface area contributed by atoms with Crippen molar-refractivity contribution in [2.24, 2.45) is 5.92 Å². The third-order valence-electron chi connectivity index (χ3n) is 6.08. The summed E-state index contributed by atoms with van der Waals surface area (Å²) in [5.74, 6) is 0.832. The third-order valence-corrected chi connectivity index (χ3v) is 8.70. The van der Waals surface area contributed by atoms with E-state index in [1.807, 2.05) is 0 Å². The smallest absolute Gasteiger partial charge is 0.244 e. The number of benzene rings is 1. The van der Waals surface area contributed by atoms with Crippen LogP contribution in [0.4, 0.5) is 5.13 Å². The number of aromatic nitrogens is 1.